The fourth-order valence-corrected chi connectivity index (χ4v) is 3.32. The molecule has 0 radical (unpaired) electrons. The van der Waals surface area contributed by atoms with Crippen LogP contribution in [0.2, 0.25) is 0 Å². The molecule has 1 aromatic heterocycles. The number of rotatable bonds is 3. The van der Waals surface area contributed by atoms with Gasteiger partial charge in [0, 0.05) is 32.2 Å². The molecule has 1 aliphatic heterocycles. The van der Waals surface area contributed by atoms with Crippen LogP contribution < -0.4 is 10.6 Å². The van der Waals surface area contributed by atoms with Crippen molar-refractivity contribution >= 4 is 5.82 Å². The summed E-state index contributed by atoms with van der Waals surface area (Å²) in [6.45, 7) is 9.60. The Morgan fingerprint density at radius 3 is 2.68 bits per heavy atom. The number of hydrogen-bond donors (Lipinski definition) is 1. The van der Waals surface area contributed by atoms with Crippen molar-refractivity contribution < 1.29 is 0 Å². The van der Waals surface area contributed by atoms with E-state index in [0.29, 0.717) is 6.54 Å². The largest absolute Gasteiger partial charge is 0.357 e. The molecule has 4 heteroatoms. The van der Waals surface area contributed by atoms with Crippen LogP contribution in [0.5, 0.6) is 0 Å². The molecule has 0 saturated carbocycles. The average molecular weight is 264 g/mol. The monoisotopic (exact) mass is 264 g/mol. The van der Waals surface area contributed by atoms with Crippen LogP contribution in [0.1, 0.15) is 44.4 Å². The molecule has 19 heavy (non-hydrogen) atoms. The minimum atomic E-state index is 0.582. The first-order valence-electron chi connectivity index (χ1n) is 7.52. The SMILES string of the molecule is Cc1nn(C)c(N2CCCC(C(C)C)CC2)c1CN. The Labute approximate surface area is 117 Å². The Kier molecular flexibility index (Phi) is 4.50. The highest BCUT2D eigenvalue weighted by Crippen LogP contribution is 2.29. The lowest BCUT2D eigenvalue weighted by Gasteiger charge is -2.24. The summed E-state index contributed by atoms with van der Waals surface area (Å²) in [6.07, 6.45) is 3.91. The Morgan fingerprint density at radius 2 is 2.05 bits per heavy atom. The van der Waals surface area contributed by atoms with Crippen LogP contribution in [0.15, 0.2) is 0 Å². The zero-order chi connectivity index (χ0) is 14.0. The summed E-state index contributed by atoms with van der Waals surface area (Å²) in [5, 5.41) is 4.54. The summed E-state index contributed by atoms with van der Waals surface area (Å²) in [5.41, 5.74) is 8.19. The number of aromatic nitrogens is 2. The fourth-order valence-electron chi connectivity index (χ4n) is 3.32. The van der Waals surface area contributed by atoms with Crippen molar-refractivity contribution in [2.24, 2.45) is 24.6 Å². The molecule has 0 bridgehead atoms. The second-order valence-electron chi connectivity index (χ2n) is 6.14. The third kappa shape index (κ3) is 2.94. The third-order valence-electron chi connectivity index (χ3n) is 4.53. The standard InChI is InChI=1S/C15H28N4/c1-11(2)13-6-5-8-19(9-7-13)15-14(10-16)12(3)17-18(15)4/h11,13H,5-10,16H2,1-4H3. The Balaban J connectivity index is 2.18. The van der Waals surface area contributed by atoms with E-state index in [1.807, 2.05) is 11.7 Å². The summed E-state index contributed by atoms with van der Waals surface area (Å²) in [5.74, 6) is 2.90. The van der Waals surface area contributed by atoms with Crippen molar-refractivity contribution in [3.63, 3.8) is 0 Å². The second kappa shape index (κ2) is 5.95. The first kappa shape index (κ1) is 14.4. The van der Waals surface area contributed by atoms with E-state index in [4.69, 9.17) is 5.73 Å². The smallest absolute Gasteiger partial charge is 0.131 e. The van der Waals surface area contributed by atoms with E-state index >= 15 is 0 Å². The van der Waals surface area contributed by atoms with Crippen LogP contribution in [0.3, 0.4) is 0 Å². The predicted molar refractivity (Wildman–Crippen MR) is 80.2 cm³/mol. The van der Waals surface area contributed by atoms with Gasteiger partial charge in [0.05, 0.1) is 5.69 Å². The van der Waals surface area contributed by atoms with Crippen molar-refractivity contribution in [1.29, 1.82) is 0 Å². The van der Waals surface area contributed by atoms with Crippen molar-refractivity contribution in [2.45, 2.75) is 46.6 Å². The Hall–Kier alpha value is -1.03. The fraction of sp³-hybridized carbons (Fsp3) is 0.800. The zero-order valence-electron chi connectivity index (χ0n) is 12.8. The quantitative estimate of drug-likeness (QED) is 0.912. The summed E-state index contributed by atoms with van der Waals surface area (Å²) in [6, 6.07) is 0. The van der Waals surface area contributed by atoms with E-state index in [0.717, 1.165) is 30.6 Å². The molecule has 1 aliphatic rings. The normalized spacial score (nSPS) is 20.9. The number of anilines is 1. The van der Waals surface area contributed by atoms with Crippen molar-refractivity contribution in [2.75, 3.05) is 18.0 Å². The molecule has 2 rings (SSSR count). The van der Waals surface area contributed by atoms with Gasteiger partial charge >= 0.3 is 0 Å². The molecule has 0 aliphatic carbocycles. The van der Waals surface area contributed by atoms with Gasteiger partial charge in [-0.1, -0.05) is 13.8 Å². The topological polar surface area (TPSA) is 47.1 Å². The van der Waals surface area contributed by atoms with Gasteiger partial charge in [-0.3, -0.25) is 4.68 Å². The minimum Gasteiger partial charge on any atom is -0.357 e. The molecular weight excluding hydrogens is 236 g/mol. The second-order valence-corrected chi connectivity index (χ2v) is 6.14. The van der Waals surface area contributed by atoms with Gasteiger partial charge in [-0.25, -0.2) is 0 Å². The molecule has 108 valence electrons. The number of nitrogens with two attached hydrogens (primary N) is 1. The molecule has 0 spiro atoms. The Morgan fingerprint density at radius 1 is 1.32 bits per heavy atom. The van der Waals surface area contributed by atoms with E-state index in [2.05, 4.69) is 30.8 Å². The molecule has 0 amide bonds. The predicted octanol–water partition coefficient (Wildman–Crippen LogP) is 2.45. The molecule has 2 heterocycles. The van der Waals surface area contributed by atoms with Gasteiger partial charge in [0.2, 0.25) is 0 Å². The van der Waals surface area contributed by atoms with Crippen LogP contribution in [-0.2, 0) is 13.6 Å². The van der Waals surface area contributed by atoms with Gasteiger partial charge in [0.1, 0.15) is 5.82 Å². The Bertz CT molecular complexity index is 422. The minimum absolute atomic E-state index is 0.582. The van der Waals surface area contributed by atoms with Gasteiger partial charge in [-0.2, -0.15) is 5.10 Å². The zero-order valence-corrected chi connectivity index (χ0v) is 12.8. The molecule has 1 atom stereocenters. The lowest BCUT2D eigenvalue weighted by molar-refractivity contribution is 0.351. The molecular formula is C15H28N4. The highest BCUT2D eigenvalue weighted by atomic mass is 15.4. The summed E-state index contributed by atoms with van der Waals surface area (Å²) < 4.78 is 2.01. The van der Waals surface area contributed by atoms with Crippen LogP contribution in [0, 0.1) is 18.8 Å². The number of aryl methyl sites for hydroxylation is 2. The number of nitrogens with zero attached hydrogens (tertiary/aromatic N) is 3. The van der Waals surface area contributed by atoms with E-state index in [9.17, 15) is 0 Å². The van der Waals surface area contributed by atoms with E-state index < -0.39 is 0 Å². The molecule has 1 unspecified atom stereocenters. The maximum absolute atomic E-state index is 5.91. The van der Waals surface area contributed by atoms with Gasteiger partial charge < -0.3 is 10.6 Å². The van der Waals surface area contributed by atoms with Crippen LogP contribution in [0.4, 0.5) is 5.82 Å². The van der Waals surface area contributed by atoms with Gasteiger partial charge in [0.25, 0.3) is 0 Å². The van der Waals surface area contributed by atoms with Crippen molar-refractivity contribution in [3.05, 3.63) is 11.3 Å². The lowest BCUT2D eigenvalue weighted by atomic mass is 9.89. The van der Waals surface area contributed by atoms with Crippen molar-refractivity contribution in [3.8, 4) is 0 Å². The van der Waals surface area contributed by atoms with Crippen molar-refractivity contribution in [1.82, 2.24) is 9.78 Å². The van der Waals surface area contributed by atoms with E-state index in [1.165, 1.54) is 30.6 Å². The molecule has 1 fully saturated rings. The van der Waals surface area contributed by atoms with Gasteiger partial charge in [-0.15, -0.1) is 0 Å². The maximum atomic E-state index is 5.91. The molecule has 1 saturated heterocycles. The summed E-state index contributed by atoms with van der Waals surface area (Å²) in [7, 11) is 2.03. The maximum Gasteiger partial charge on any atom is 0.131 e. The lowest BCUT2D eigenvalue weighted by Crippen LogP contribution is -2.28. The summed E-state index contributed by atoms with van der Waals surface area (Å²) in [4.78, 5) is 2.49. The van der Waals surface area contributed by atoms with E-state index in [1.54, 1.807) is 0 Å². The average Bonchev–Trinajstić information content (AvgIpc) is 2.56. The molecule has 2 N–H and O–H groups in total. The third-order valence-corrected chi connectivity index (χ3v) is 4.53. The van der Waals surface area contributed by atoms with Gasteiger partial charge in [-0.05, 0) is 38.0 Å². The molecule has 1 aromatic rings. The highest BCUT2D eigenvalue weighted by molar-refractivity contribution is 5.50. The van der Waals surface area contributed by atoms with E-state index in [-0.39, 0.29) is 0 Å². The molecule has 4 nitrogen and oxygen atoms in total. The van der Waals surface area contributed by atoms with Crippen LogP contribution >= 0.6 is 0 Å². The first-order chi connectivity index (χ1) is 9.04. The number of hydrogen-bond acceptors (Lipinski definition) is 3. The highest BCUT2D eigenvalue weighted by Gasteiger charge is 2.23. The van der Waals surface area contributed by atoms with Crippen LogP contribution in [0.25, 0.3) is 0 Å². The first-order valence-corrected chi connectivity index (χ1v) is 7.52. The van der Waals surface area contributed by atoms with Gasteiger partial charge in [0.15, 0.2) is 0 Å². The molecule has 0 aromatic carbocycles. The van der Waals surface area contributed by atoms with Crippen LogP contribution in [-0.4, -0.2) is 22.9 Å². The summed E-state index contributed by atoms with van der Waals surface area (Å²) >= 11 is 0.